The average Bonchev–Trinajstić information content (AvgIpc) is 3.70. The largest absolute Gasteiger partial charge is 0.315 e. The summed E-state index contributed by atoms with van der Waals surface area (Å²) in [6.07, 6.45) is 2.34. The van der Waals surface area contributed by atoms with E-state index in [1.807, 2.05) is 11.3 Å². The highest BCUT2D eigenvalue weighted by Crippen LogP contribution is 2.45. The summed E-state index contributed by atoms with van der Waals surface area (Å²) in [5, 5.41) is 11.7. The Morgan fingerprint density at radius 3 is 2.05 bits per heavy atom. The number of thiophene rings is 1. The molecule has 0 radical (unpaired) electrons. The molecule has 0 amide bonds. The summed E-state index contributed by atoms with van der Waals surface area (Å²) < 4.78 is 7.56. The normalized spacial score (nSPS) is 12.4. The summed E-state index contributed by atoms with van der Waals surface area (Å²) in [5.41, 5.74) is 6.18. The van der Waals surface area contributed by atoms with Crippen molar-refractivity contribution in [2.75, 3.05) is 0 Å². The first kappa shape index (κ1) is 21.7. The third kappa shape index (κ3) is 2.76. The molecule has 3 heteroatoms. The number of aromatic nitrogens is 2. The zero-order valence-corrected chi connectivity index (χ0v) is 22.8. The SMILES string of the molecule is c1ccc(-n2c3ccccc3c3cc4c(cc32)c2ccc3sc5ccccc5c3c2c2c3ccccc3cn42)cc1. The molecule has 10 rings (SSSR count). The van der Waals surface area contributed by atoms with E-state index in [2.05, 4.69) is 143 Å². The van der Waals surface area contributed by atoms with Crippen LogP contribution in [0.2, 0.25) is 0 Å². The van der Waals surface area contributed by atoms with Crippen LogP contribution in [0.3, 0.4) is 0 Å². The molecule has 0 fully saturated rings. The van der Waals surface area contributed by atoms with Crippen LogP contribution in [-0.2, 0) is 0 Å². The summed E-state index contributed by atoms with van der Waals surface area (Å²) in [6.45, 7) is 0. The van der Waals surface area contributed by atoms with Crippen LogP contribution in [0, 0.1) is 0 Å². The van der Waals surface area contributed by atoms with Crippen LogP contribution in [0.4, 0.5) is 0 Å². The van der Waals surface area contributed by atoms with Crippen molar-refractivity contribution in [3.8, 4) is 5.69 Å². The van der Waals surface area contributed by atoms with Crippen molar-refractivity contribution in [1.82, 2.24) is 8.97 Å². The van der Waals surface area contributed by atoms with Crippen molar-refractivity contribution in [1.29, 1.82) is 0 Å². The lowest BCUT2D eigenvalue weighted by atomic mass is 9.98. The molecule has 4 heterocycles. The Bertz CT molecular complexity index is 2690. The Morgan fingerprint density at radius 2 is 1.15 bits per heavy atom. The van der Waals surface area contributed by atoms with E-state index < -0.39 is 0 Å². The first-order valence-corrected chi connectivity index (χ1v) is 14.8. The van der Waals surface area contributed by atoms with E-state index >= 15 is 0 Å². The van der Waals surface area contributed by atoms with Crippen LogP contribution < -0.4 is 0 Å². The summed E-state index contributed by atoms with van der Waals surface area (Å²) in [7, 11) is 0. The second-order valence-electron chi connectivity index (χ2n) is 11.0. The molecule has 2 nitrogen and oxygen atoms in total. The molecular weight excluding hydrogens is 516 g/mol. The minimum Gasteiger partial charge on any atom is -0.315 e. The molecular formula is C38H22N2S. The molecule has 190 valence electrons. The molecule has 6 aromatic carbocycles. The number of para-hydroxylation sites is 2. The van der Waals surface area contributed by atoms with Crippen LogP contribution >= 0.6 is 11.3 Å². The first-order chi connectivity index (χ1) is 20.3. The van der Waals surface area contributed by atoms with E-state index in [0.717, 1.165) is 0 Å². The van der Waals surface area contributed by atoms with Gasteiger partial charge in [0.25, 0.3) is 0 Å². The Morgan fingerprint density at radius 1 is 0.439 bits per heavy atom. The third-order valence-electron chi connectivity index (χ3n) is 8.86. The van der Waals surface area contributed by atoms with Gasteiger partial charge in [0.1, 0.15) is 0 Å². The summed E-state index contributed by atoms with van der Waals surface area (Å²) in [5.74, 6) is 0. The van der Waals surface area contributed by atoms with Gasteiger partial charge in [0, 0.05) is 64.4 Å². The average molecular weight is 539 g/mol. The molecule has 4 aromatic heterocycles. The second kappa shape index (κ2) is 7.75. The van der Waals surface area contributed by atoms with Crippen molar-refractivity contribution in [2.24, 2.45) is 0 Å². The molecule has 0 aliphatic carbocycles. The van der Waals surface area contributed by atoms with Gasteiger partial charge in [-0.25, -0.2) is 0 Å². The standard InChI is InChI=1S/C38H22N2S/c1-2-11-24(12-3-1)40-31-16-8-6-14-26(31)29-20-32-30(21-33(29)40)27-18-19-35-36(28-15-7-9-17-34(28)41-35)37(27)38-25-13-5-4-10-23(25)22-39(32)38/h1-22H. The van der Waals surface area contributed by atoms with E-state index in [1.165, 1.54) is 85.6 Å². The Balaban J connectivity index is 1.52. The molecule has 0 aliphatic rings. The molecule has 0 aliphatic heterocycles. The fourth-order valence-corrected chi connectivity index (χ4v) is 8.28. The van der Waals surface area contributed by atoms with E-state index in [9.17, 15) is 0 Å². The van der Waals surface area contributed by atoms with Crippen LogP contribution in [-0.4, -0.2) is 8.97 Å². The van der Waals surface area contributed by atoms with Gasteiger partial charge in [-0.1, -0.05) is 84.9 Å². The second-order valence-corrected chi connectivity index (χ2v) is 12.1. The lowest BCUT2D eigenvalue weighted by Gasteiger charge is -2.13. The fourth-order valence-electron chi connectivity index (χ4n) is 7.16. The number of nitrogens with zero attached hydrogens (tertiary/aromatic N) is 2. The van der Waals surface area contributed by atoms with Gasteiger partial charge in [-0.2, -0.15) is 0 Å². The van der Waals surface area contributed by atoms with Crippen LogP contribution in [0.25, 0.3) is 85.6 Å². The molecule has 0 atom stereocenters. The number of hydrogen-bond donors (Lipinski definition) is 0. The highest BCUT2D eigenvalue weighted by Gasteiger charge is 2.20. The van der Waals surface area contributed by atoms with Gasteiger partial charge in [-0.15, -0.1) is 11.3 Å². The maximum Gasteiger partial charge on any atom is 0.0620 e. The molecule has 0 bridgehead atoms. The Hall–Kier alpha value is -5.12. The lowest BCUT2D eigenvalue weighted by molar-refractivity contribution is 1.18. The fraction of sp³-hybridized carbons (Fsp3) is 0. The summed E-state index contributed by atoms with van der Waals surface area (Å²) in [4.78, 5) is 0. The quantitative estimate of drug-likeness (QED) is 0.184. The molecule has 10 aromatic rings. The Labute approximate surface area is 238 Å². The van der Waals surface area contributed by atoms with Crippen molar-refractivity contribution < 1.29 is 0 Å². The zero-order chi connectivity index (χ0) is 26.7. The predicted molar refractivity (Wildman–Crippen MR) is 177 cm³/mol. The van der Waals surface area contributed by atoms with Crippen LogP contribution in [0.1, 0.15) is 0 Å². The summed E-state index contributed by atoms with van der Waals surface area (Å²) in [6, 6.07) is 46.8. The number of pyridine rings is 1. The topological polar surface area (TPSA) is 9.34 Å². The van der Waals surface area contributed by atoms with E-state index in [1.54, 1.807) is 0 Å². The lowest BCUT2D eigenvalue weighted by Crippen LogP contribution is -1.94. The molecule has 0 saturated carbocycles. The van der Waals surface area contributed by atoms with Gasteiger partial charge in [0.05, 0.1) is 22.1 Å². The van der Waals surface area contributed by atoms with Gasteiger partial charge in [-0.3, -0.25) is 0 Å². The zero-order valence-electron chi connectivity index (χ0n) is 22.0. The number of fused-ring (bicyclic) bond motifs is 15. The number of benzene rings is 6. The molecule has 0 unspecified atom stereocenters. The van der Waals surface area contributed by atoms with Gasteiger partial charge >= 0.3 is 0 Å². The molecule has 0 N–H and O–H groups in total. The smallest absolute Gasteiger partial charge is 0.0620 e. The van der Waals surface area contributed by atoms with E-state index in [0.29, 0.717) is 0 Å². The van der Waals surface area contributed by atoms with E-state index in [-0.39, 0.29) is 0 Å². The summed E-state index contributed by atoms with van der Waals surface area (Å²) >= 11 is 1.89. The highest BCUT2D eigenvalue weighted by atomic mass is 32.1. The minimum atomic E-state index is 1.18. The highest BCUT2D eigenvalue weighted by molar-refractivity contribution is 7.26. The van der Waals surface area contributed by atoms with Crippen LogP contribution in [0.15, 0.2) is 134 Å². The molecule has 0 spiro atoms. The first-order valence-electron chi connectivity index (χ1n) is 14.0. The van der Waals surface area contributed by atoms with Gasteiger partial charge in [0.2, 0.25) is 0 Å². The van der Waals surface area contributed by atoms with Crippen molar-refractivity contribution in [3.05, 3.63) is 134 Å². The third-order valence-corrected chi connectivity index (χ3v) is 10.00. The predicted octanol–water partition coefficient (Wildman–Crippen LogP) is 10.9. The van der Waals surface area contributed by atoms with Gasteiger partial charge in [-0.05, 0) is 47.9 Å². The minimum absolute atomic E-state index is 1.18. The van der Waals surface area contributed by atoms with Gasteiger partial charge < -0.3 is 8.97 Å². The van der Waals surface area contributed by atoms with Crippen LogP contribution in [0.5, 0.6) is 0 Å². The number of hydrogen-bond acceptors (Lipinski definition) is 1. The van der Waals surface area contributed by atoms with Crippen molar-refractivity contribution >= 4 is 91.3 Å². The number of rotatable bonds is 1. The maximum absolute atomic E-state index is 2.46. The molecule has 41 heavy (non-hydrogen) atoms. The van der Waals surface area contributed by atoms with Crippen molar-refractivity contribution in [3.63, 3.8) is 0 Å². The monoisotopic (exact) mass is 538 g/mol. The van der Waals surface area contributed by atoms with Crippen molar-refractivity contribution in [2.45, 2.75) is 0 Å². The maximum atomic E-state index is 2.46. The Kier molecular flexibility index (Phi) is 4.10. The van der Waals surface area contributed by atoms with E-state index in [4.69, 9.17) is 0 Å². The van der Waals surface area contributed by atoms with Gasteiger partial charge in [0.15, 0.2) is 0 Å². The molecule has 0 saturated heterocycles.